The van der Waals surface area contributed by atoms with Crippen LogP contribution in [0.3, 0.4) is 0 Å². The zero-order valence-electron chi connectivity index (χ0n) is 11.1. The molecule has 3 rings (SSSR count). The molecule has 0 saturated heterocycles. The fourth-order valence-corrected chi connectivity index (χ4v) is 2.08. The first-order valence-corrected chi connectivity index (χ1v) is 6.38. The molecular formula is C16H16N2O. The Morgan fingerprint density at radius 1 is 1.00 bits per heavy atom. The van der Waals surface area contributed by atoms with Crippen molar-refractivity contribution in [3.8, 4) is 11.1 Å². The molecule has 1 aliphatic heterocycles. The number of pyridine rings is 1. The maximum atomic E-state index is 5.66. The second kappa shape index (κ2) is 4.50. The van der Waals surface area contributed by atoms with Gasteiger partial charge in [0.15, 0.2) is 0 Å². The van der Waals surface area contributed by atoms with Gasteiger partial charge in [0.1, 0.15) is 6.61 Å². The molecule has 1 aliphatic rings. The number of rotatable bonds is 2. The lowest BCUT2D eigenvalue weighted by Gasteiger charge is -2.07. The number of aromatic nitrogens is 1. The molecule has 2 heterocycles. The van der Waals surface area contributed by atoms with Crippen molar-refractivity contribution in [2.75, 3.05) is 6.61 Å². The largest absolute Gasteiger partial charge is 0.475 e. The number of nitrogens with zero attached hydrogens (tertiary/aromatic N) is 2. The molecule has 0 unspecified atom stereocenters. The minimum absolute atomic E-state index is 0.141. The van der Waals surface area contributed by atoms with E-state index in [2.05, 4.69) is 42.0 Å². The summed E-state index contributed by atoms with van der Waals surface area (Å²) >= 11 is 0. The summed E-state index contributed by atoms with van der Waals surface area (Å²) in [5.41, 5.74) is 3.02. The Balaban J connectivity index is 1.98. The Bertz CT molecular complexity index is 618. The lowest BCUT2D eigenvalue weighted by Crippen LogP contribution is -2.17. The van der Waals surface area contributed by atoms with E-state index >= 15 is 0 Å². The highest BCUT2D eigenvalue weighted by Crippen LogP contribution is 2.23. The van der Waals surface area contributed by atoms with Crippen molar-refractivity contribution in [2.24, 2.45) is 4.99 Å². The van der Waals surface area contributed by atoms with Crippen molar-refractivity contribution in [3.63, 3.8) is 0 Å². The van der Waals surface area contributed by atoms with Crippen LogP contribution in [-0.2, 0) is 4.74 Å². The first-order valence-electron chi connectivity index (χ1n) is 6.38. The van der Waals surface area contributed by atoms with Gasteiger partial charge >= 0.3 is 0 Å². The van der Waals surface area contributed by atoms with Crippen molar-refractivity contribution in [3.05, 3.63) is 54.4 Å². The van der Waals surface area contributed by atoms with E-state index in [1.54, 1.807) is 6.20 Å². The molecule has 3 heteroatoms. The van der Waals surface area contributed by atoms with Crippen molar-refractivity contribution < 1.29 is 4.74 Å². The fourth-order valence-electron chi connectivity index (χ4n) is 2.08. The van der Waals surface area contributed by atoms with E-state index in [4.69, 9.17) is 4.74 Å². The van der Waals surface area contributed by atoms with Crippen LogP contribution in [0.2, 0.25) is 0 Å². The third-order valence-electron chi connectivity index (χ3n) is 3.06. The molecular weight excluding hydrogens is 236 g/mol. The average molecular weight is 252 g/mol. The molecule has 1 aromatic heterocycles. The van der Waals surface area contributed by atoms with Crippen LogP contribution in [-0.4, -0.2) is 23.0 Å². The maximum absolute atomic E-state index is 5.66. The first kappa shape index (κ1) is 11.9. The molecule has 3 nitrogen and oxygen atoms in total. The summed E-state index contributed by atoms with van der Waals surface area (Å²) in [6.07, 6.45) is 3.66. The Labute approximate surface area is 113 Å². The van der Waals surface area contributed by atoms with Crippen LogP contribution in [0.1, 0.15) is 19.4 Å². The monoisotopic (exact) mass is 252 g/mol. The van der Waals surface area contributed by atoms with Crippen LogP contribution in [0.4, 0.5) is 0 Å². The molecule has 0 fully saturated rings. The predicted molar refractivity (Wildman–Crippen MR) is 76.2 cm³/mol. The van der Waals surface area contributed by atoms with Gasteiger partial charge in [0, 0.05) is 18.0 Å². The van der Waals surface area contributed by atoms with E-state index in [0.717, 1.165) is 16.7 Å². The van der Waals surface area contributed by atoms with E-state index in [-0.39, 0.29) is 5.54 Å². The van der Waals surface area contributed by atoms with Gasteiger partial charge in [-0.3, -0.25) is 4.98 Å². The van der Waals surface area contributed by atoms with Crippen LogP contribution < -0.4 is 0 Å². The van der Waals surface area contributed by atoms with Crippen LogP contribution >= 0.6 is 0 Å². The van der Waals surface area contributed by atoms with Crippen molar-refractivity contribution in [2.45, 2.75) is 19.4 Å². The van der Waals surface area contributed by atoms with Crippen LogP contribution in [0, 0.1) is 0 Å². The lowest BCUT2D eigenvalue weighted by molar-refractivity contribution is 0.279. The summed E-state index contributed by atoms with van der Waals surface area (Å²) in [4.78, 5) is 8.87. The summed E-state index contributed by atoms with van der Waals surface area (Å²) in [7, 11) is 0. The maximum Gasteiger partial charge on any atom is 0.218 e. The van der Waals surface area contributed by atoms with Gasteiger partial charge in [0.2, 0.25) is 5.90 Å². The van der Waals surface area contributed by atoms with Gasteiger partial charge in [-0.1, -0.05) is 30.3 Å². The standard InChI is InChI=1S/C16H16N2O/c1-16(2)11-19-15(18-16)14-8-13(9-17-10-14)12-6-4-3-5-7-12/h3-10H,11H2,1-2H3. The average Bonchev–Trinajstić information content (AvgIpc) is 2.80. The van der Waals surface area contributed by atoms with Gasteiger partial charge in [-0.15, -0.1) is 0 Å². The van der Waals surface area contributed by atoms with E-state index in [9.17, 15) is 0 Å². The van der Waals surface area contributed by atoms with Gasteiger partial charge in [0.05, 0.1) is 11.1 Å². The predicted octanol–water partition coefficient (Wildman–Crippen LogP) is 3.30. The number of benzene rings is 1. The number of ether oxygens (including phenoxy) is 1. The fraction of sp³-hybridized carbons (Fsp3) is 0.250. The molecule has 0 radical (unpaired) electrons. The highest BCUT2D eigenvalue weighted by Gasteiger charge is 2.27. The number of hydrogen-bond donors (Lipinski definition) is 0. The molecule has 2 aromatic rings. The van der Waals surface area contributed by atoms with Crippen molar-refractivity contribution in [1.29, 1.82) is 0 Å². The van der Waals surface area contributed by atoms with Crippen molar-refractivity contribution >= 4 is 5.90 Å². The molecule has 0 aliphatic carbocycles. The summed E-state index contributed by atoms with van der Waals surface area (Å²) < 4.78 is 5.66. The summed E-state index contributed by atoms with van der Waals surface area (Å²) in [6.45, 7) is 4.75. The topological polar surface area (TPSA) is 34.5 Å². The molecule has 0 amide bonds. The van der Waals surface area contributed by atoms with Crippen LogP contribution in [0.15, 0.2) is 53.8 Å². The quantitative estimate of drug-likeness (QED) is 0.821. The normalized spacial score (nSPS) is 16.8. The smallest absolute Gasteiger partial charge is 0.218 e. The molecule has 96 valence electrons. The summed E-state index contributed by atoms with van der Waals surface area (Å²) in [5.74, 6) is 0.690. The molecule has 0 bridgehead atoms. The summed E-state index contributed by atoms with van der Waals surface area (Å²) in [6, 6.07) is 12.3. The second-order valence-corrected chi connectivity index (χ2v) is 5.35. The molecule has 0 spiro atoms. The van der Waals surface area contributed by atoms with Gasteiger partial charge in [-0.2, -0.15) is 0 Å². The second-order valence-electron chi connectivity index (χ2n) is 5.35. The molecule has 0 saturated carbocycles. The minimum Gasteiger partial charge on any atom is -0.475 e. The Kier molecular flexibility index (Phi) is 2.82. The van der Waals surface area contributed by atoms with E-state index in [1.165, 1.54) is 0 Å². The van der Waals surface area contributed by atoms with Crippen LogP contribution in [0.25, 0.3) is 11.1 Å². The van der Waals surface area contributed by atoms with E-state index in [1.807, 2.05) is 24.4 Å². The Hall–Kier alpha value is -2.16. The Morgan fingerprint density at radius 3 is 2.42 bits per heavy atom. The van der Waals surface area contributed by atoms with Crippen LogP contribution in [0.5, 0.6) is 0 Å². The molecule has 0 N–H and O–H groups in total. The molecule has 19 heavy (non-hydrogen) atoms. The lowest BCUT2D eigenvalue weighted by atomic mass is 10.1. The number of aliphatic imine (C=N–C) groups is 1. The van der Waals surface area contributed by atoms with Crippen molar-refractivity contribution in [1.82, 2.24) is 4.98 Å². The molecule has 0 atom stereocenters. The number of hydrogen-bond acceptors (Lipinski definition) is 3. The van der Waals surface area contributed by atoms with Gasteiger partial charge < -0.3 is 4.74 Å². The SMILES string of the molecule is CC1(C)COC(c2cncc(-c3ccccc3)c2)=N1. The third-order valence-corrected chi connectivity index (χ3v) is 3.06. The highest BCUT2D eigenvalue weighted by molar-refractivity contribution is 5.96. The first-order chi connectivity index (χ1) is 9.14. The van der Waals surface area contributed by atoms with Gasteiger partial charge in [0.25, 0.3) is 0 Å². The highest BCUT2D eigenvalue weighted by atomic mass is 16.5. The third kappa shape index (κ3) is 2.50. The van der Waals surface area contributed by atoms with Gasteiger partial charge in [-0.05, 0) is 25.5 Å². The van der Waals surface area contributed by atoms with Gasteiger partial charge in [-0.25, -0.2) is 4.99 Å². The van der Waals surface area contributed by atoms with E-state index < -0.39 is 0 Å². The zero-order chi connectivity index (χ0) is 13.3. The minimum atomic E-state index is -0.141. The zero-order valence-corrected chi connectivity index (χ0v) is 11.1. The molecule has 1 aromatic carbocycles. The van der Waals surface area contributed by atoms with E-state index in [0.29, 0.717) is 12.5 Å². The Morgan fingerprint density at radius 2 is 1.74 bits per heavy atom. The summed E-state index contributed by atoms with van der Waals surface area (Å²) in [5, 5.41) is 0.